The first kappa shape index (κ1) is 12.5. The van der Waals surface area contributed by atoms with Crippen LogP contribution in [0, 0.1) is 0 Å². The Morgan fingerprint density at radius 2 is 2.20 bits per heavy atom. The van der Waals surface area contributed by atoms with Crippen LogP contribution in [0.3, 0.4) is 0 Å². The first-order chi connectivity index (χ1) is 7.17. The second-order valence-electron chi connectivity index (χ2n) is 4.06. The number of carboxylic acids is 1. The molecule has 0 aromatic rings. The number of rotatable bonds is 6. The number of nitrogens with zero attached hydrogens (tertiary/aromatic N) is 1. The largest absolute Gasteiger partial charge is 0.479 e. The zero-order valence-corrected chi connectivity index (χ0v) is 9.61. The Hall–Kier alpha value is -0.610. The van der Waals surface area contributed by atoms with Gasteiger partial charge in [0.05, 0.1) is 6.10 Å². The van der Waals surface area contributed by atoms with Crippen molar-refractivity contribution in [3.63, 3.8) is 0 Å². The highest BCUT2D eigenvalue weighted by Gasteiger charge is 2.30. The molecule has 1 saturated heterocycles. The van der Waals surface area contributed by atoms with Gasteiger partial charge in [-0.15, -0.1) is 0 Å². The van der Waals surface area contributed by atoms with Crippen LogP contribution < -0.4 is 0 Å². The standard InChI is InChI=1S/C11H21NO3/c1-3-7-12(4-2)8-9-5-6-10(15-9)11(13)14/h9-10H,3-8H2,1-2H3,(H,13,14)/t9-,10+/m1/s1. The van der Waals surface area contributed by atoms with Gasteiger partial charge in [-0.1, -0.05) is 13.8 Å². The summed E-state index contributed by atoms with van der Waals surface area (Å²) in [5, 5.41) is 8.79. The Labute approximate surface area is 91.2 Å². The van der Waals surface area contributed by atoms with Crippen molar-refractivity contribution >= 4 is 5.97 Å². The normalized spacial score (nSPS) is 26.1. The molecular formula is C11H21NO3. The summed E-state index contributed by atoms with van der Waals surface area (Å²) < 4.78 is 5.46. The predicted octanol–water partition coefficient (Wildman–Crippen LogP) is 1.35. The average Bonchev–Trinajstić information content (AvgIpc) is 2.65. The maximum absolute atomic E-state index is 10.7. The molecule has 2 atom stereocenters. The summed E-state index contributed by atoms with van der Waals surface area (Å²) in [6, 6.07) is 0. The van der Waals surface area contributed by atoms with Gasteiger partial charge in [0.2, 0.25) is 0 Å². The van der Waals surface area contributed by atoms with Crippen molar-refractivity contribution in [3.05, 3.63) is 0 Å². The number of ether oxygens (including phenoxy) is 1. The molecule has 1 aliphatic rings. The fourth-order valence-electron chi connectivity index (χ4n) is 2.00. The number of likely N-dealkylation sites (N-methyl/N-ethyl adjacent to an activating group) is 1. The van der Waals surface area contributed by atoms with Gasteiger partial charge in [0.15, 0.2) is 6.10 Å². The SMILES string of the molecule is CCCN(CC)C[C@H]1CC[C@@H](C(=O)O)O1. The van der Waals surface area contributed by atoms with E-state index in [9.17, 15) is 4.79 Å². The third-order valence-corrected chi connectivity index (χ3v) is 2.83. The predicted molar refractivity (Wildman–Crippen MR) is 57.9 cm³/mol. The number of aliphatic carboxylic acids is 1. The second-order valence-corrected chi connectivity index (χ2v) is 4.06. The third-order valence-electron chi connectivity index (χ3n) is 2.83. The van der Waals surface area contributed by atoms with Crippen molar-refractivity contribution in [2.24, 2.45) is 0 Å². The van der Waals surface area contributed by atoms with Crippen LogP contribution in [0.5, 0.6) is 0 Å². The first-order valence-corrected chi connectivity index (χ1v) is 5.78. The Morgan fingerprint density at radius 3 is 2.67 bits per heavy atom. The van der Waals surface area contributed by atoms with Crippen LogP contribution in [0.25, 0.3) is 0 Å². The highest BCUT2D eigenvalue weighted by atomic mass is 16.5. The maximum atomic E-state index is 10.7. The van der Waals surface area contributed by atoms with E-state index < -0.39 is 12.1 Å². The van der Waals surface area contributed by atoms with Crippen LogP contribution in [0.2, 0.25) is 0 Å². The molecule has 1 fully saturated rings. The van der Waals surface area contributed by atoms with E-state index in [4.69, 9.17) is 9.84 Å². The van der Waals surface area contributed by atoms with Crippen molar-refractivity contribution in [3.8, 4) is 0 Å². The molecule has 1 aliphatic heterocycles. The smallest absolute Gasteiger partial charge is 0.332 e. The fraction of sp³-hybridized carbons (Fsp3) is 0.909. The molecule has 0 unspecified atom stereocenters. The van der Waals surface area contributed by atoms with Crippen molar-refractivity contribution in [2.45, 2.75) is 45.3 Å². The zero-order valence-electron chi connectivity index (χ0n) is 9.61. The van der Waals surface area contributed by atoms with Crippen molar-refractivity contribution in [2.75, 3.05) is 19.6 Å². The summed E-state index contributed by atoms with van der Waals surface area (Å²) in [5.41, 5.74) is 0. The molecule has 1 heterocycles. The molecule has 0 radical (unpaired) electrons. The van der Waals surface area contributed by atoms with Gasteiger partial charge in [-0.25, -0.2) is 4.79 Å². The Kier molecular flexibility index (Phi) is 5.05. The summed E-state index contributed by atoms with van der Waals surface area (Å²) in [6.45, 7) is 7.21. The van der Waals surface area contributed by atoms with Crippen LogP contribution >= 0.6 is 0 Å². The zero-order chi connectivity index (χ0) is 11.3. The van der Waals surface area contributed by atoms with Crippen molar-refractivity contribution in [1.82, 2.24) is 4.90 Å². The van der Waals surface area contributed by atoms with Crippen LogP contribution in [-0.4, -0.2) is 47.8 Å². The fourth-order valence-corrected chi connectivity index (χ4v) is 2.00. The molecule has 4 nitrogen and oxygen atoms in total. The number of carboxylic acid groups (broad SMARTS) is 1. The van der Waals surface area contributed by atoms with Gasteiger partial charge in [-0.3, -0.25) is 0 Å². The molecule has 4 heteroatoms. The van der Waals surface area contributed by atoms with E-state index in [1.165, 1.54) is 0 Å². The lowest BCUT2D eigenvalue weighted by Gasteiger charge is -2.23. The van der Waals surface area contributed by atoms with Crippen LogP contribution in [0.4, 0.5) is 0 Å². The van der Waals surface area contributed by atoms with E-state index in [1.807, 2.05) is 0 Å². The van der Waals surface area contributed by atoms with Crippen LogP contribution in [0.15, 0.2) is 0 Å². The Balaban J connectivity index is 2.30. The molecule has 0 amide bonds. The molecule has 0 spiro atoms. The monoisotopic (exact) mass is 215 g/mol. The number of carbonyl (C=O) groups is 1. The van der Waals surface area contributed by atoms with Gasteiger partial charge >= 0.3 is 5.97 Å². The molecule has 1 N–H and O–H groups in total. The van der Waals surface area contributed by atoms with E-state index in [1.54, 1.807) is 0 Å². The molecule has 0 aromatic heterocycles. The van der Waals surface area contributed by atoms with Gasteiger partial charge in [0.25, 0.3) is 0 Å². The lowest BCUT2D eigenvalue weighted by Crippen LogP contribution is -2.33. The van der Waals surface area contributed by atoms with E-state index >= 15 is 0 Å². The van der Waals surface area contributed by atoms with Crippen LogP contribution in [0.1, 0.15) is 33.1 Å². The van der Waals surface area contributed by atoms with E-state index in [0.29, 0.717) is 6.42 Å². The summed E-state index contributed by atoms with van der Waals surface area (Å²) in [7, 11) is 0. The quantitative estimate of drug-likeness (QED) is 0.726. The molecule has 1 rings (SSSR count). The van der Waals surface area contributed by atoms with Gasteiger partial charge in [0.1, 0.15) is 0 Å². The maximum Gasteiger partial charge on any atom is 0.332 e. The molecule has 88 valence electrons. The highest BCUT2D eigenvalue weighted by molar-refractivity contribution is 5.72. The van der Waals surface area contributed by atoms with E-state index in [2.05, 4.69) is 18.7 Å². The molecule has 15 heavy (non-hydrogen) atoms. The van der Waals surface area contributed by atoms with Gasteiger partial charge < -0.3 is 14.7 Å². The van der Waals surface area contributed by atoms with Crippen molar-refractivity contribution in [1.29, 1.82) is 0 Å². The minimum atomic E-state index is -0.823. The molecule has 0 bridgehead atoms. The first-order valence-electron chi connectivity index (χ1n) is 5.78. The Morgan fingerprint density at radius 1 is 1.47 bits per heavy atom. The van der Waals surface area contributed by atoms with E-state index in [-0.39, 0.29) is 6.10 Å². The summed E-state index contributed by atoms with van der Waals surface area (Å²) >= 11 is 0. The Bertz CT molecular complexity index is 208. The summed E-state index contributed by atoms with van der Waals surface area (Å²) in [6.07, 6.45) is 2.19. The molecule has 0 saturated carbocycles. The number of hydrogen-bond acceptors (Lipinski definition) is 3. The molecule has 0 aromatic carbocycles. The highest BCUT2D eigenvalue weighted by Crippen LogP contribution is 2.20. The number of hydrogen-bond donors (Lipinski definition) is 1. The average molecular weight is 215 g/mol. The van der Waals surface area contributed by atoms with E-state index in [0.717, 1.165) is 32.5 Å². The van der Waals surface area contributed by atoms with Gasteiger partial charge in [-0.05, 0) is 32.4 Å². The summed E-state index contributed by atoms with van der Waals surface area (Å²) in [4.78, 5) is 13.0. The molecular weight excluding hydrogens is 194 g/mol. The van der Waals surface area contributed by atoms with Gasteiger partial charge in [0, 0.05) is 6.54 Å². The lowest BCUT2D eigenvalue weighted by molar-refractivity contribution is -0.149. The van der Waals surface area contributed by atoms with Crippen molar-refractivity contribution < 1.29 is 14.6 Å². The lowest BCUT2D eigenvalue weighted by atomic mass is 10.2. The second kappa shape index (κ2) is 6.08. The van der Waals surface area contributed by atoms with Gasteiger partial charge in [-0.2, -0.15) is 0 Å². The third kappa shape index (κ3) is 3.80. The minimum Gasteiger partial charge on any atom is -0.479 e. The topological polar surface area (TPSA) is 49.8 Å². The minimum absolute atomic E-state index is 0.109. The summed E-state index contributed by atoms with van der Waals surface area (Å²) in [5.74, 6) is -0.823. The molecule has 0 aliphatic carbocycles. The van der Waals surface area contributed by atoms with Crippen LogP contribution in [-0.2, 0) is 9.53 Å².